The number of rotatable bonds is 4. The Hall–Kier alpha value is -1.02. The van der Waals surface area contributed by atoms with Crippen molar-refractivity contribution in [1.82, 2.24) is 0 Å². The van der Waals surface area contributed by atoms with Crippen LogP contribution in [-0.2, 0) is 5.41 Å². The summed E-state index contributed by atoms with van der Waals surface area (Å²) in [6, 6.07) is 6.46. The average Bonchev–Trinajstić information content (AvgIpc) is 2.25. The highest BCUT2D eigenvalue weighted by atomic mass is 16.5. The van der Waals surface area contributed by atoms with E-state index in [0.29, 0.717) is 6.61 Å². The fourth-order valence-electron chi connectivity index (χ4n) is 1.67. The predicted molar refractivity (Wildman–Crippen MR) is 73.6 cm³/mol. The summed E-state index contributed by atoms with van der Waals surface area (Å²) >= 11 is 0. The van der Waals surface area contributed by atoms with Crippen LogP contribution in [0.4, 0.5) is 0 Å². The van der Waals surface area contributed by atoms with E-state index >= 15 is 0 Å². The Morgan fingerprint density at radius 1 is 1.29 bits per heavy atom. The van der Waals surface area contributed by atoms with Gasteiger partial charge in [-0.05, 0) is 30.4 Å². The first-order valence-electron chi connectivity index (χ1n) is 6.34. The lowest BCUT2D eigenvalue weighted by Crippen LogP contribution is -2.27. The van der Waals surface area contributed by atoms with Gasteiger partial charge in [0, 0.05) is 6.04 Å². The van der Waals surface area contributed by atoms with E-state index in [-0.39, 0.29) is 11.5 Å². The van der Waals surface area contributed by atoms with Gasteiger partial charge in [-0.3, -0.25) is 0 Å². The van der Waals surface area contributed by atoms with Gasteiger partial charge in [-0.15, -0.1) is 0 Å². The molecule has 1 atom stereocenters. The number of hydrogen-bond acceptors (Lipinski definition) is 2. The minimum Gasteiger partial charge on any atom is -0.492 e. The van der Waals surface area contributed by atoms with Crippen molar-refractivity contribution in [2.75, 3.05) is 6.61 Å². The zero-order chi connectivity index (χ0) is 13.1. The van der Waals surface area contributed by atoms with Crippen LogP contribution in [0.3, 0.4) is 0 Å². The first-order valence-corrected chi connectivity index (χ1v) is 6.34. The molecule has 1 unspecified atom stereocenters. The van der Waals surface area contributed by atoms with Crippen LogP contribution in [0.5, 0.6) is 5.75 Å². The lowest BCUT2D eigenvalue weighted by atomic mass is 9.85. The lowest BCUT2D eigenvalue weighted by Gasteiger charge is -2.24. The van der Waals surface area contributed by atoms with Gasteiger partial charge >= 0.3 is 0 Å². The summed E-state index contributed by atoms with van der Waals surface area (Å²) in [7, 11) is 0. The third kappa shape index (κ3) is 4.04. The van der Waals surface area contributed by atoms with Crippen LogP contribution >= 0.6 is 0 Å². The lowest BCUT2D eigenvalue weighted by molar-refractivity contribution is 0.278. The molecular formula is C15H25NO. The minimum atomic E-state index is 0.0949. The number of aryl methyl sites for hydroxylation is 1. The Balaban J connectivity index is 2.91. The highest BCUT2D eigenvalue weighted by molar-refractivity contribution is 5.41. The van der Waals surface area contributed by atoms with Gasteiger partial charge in [0.05, 0.1) is 0 Å². The number of ether oxygens (including phenoxy) is 1. The van der Waals surface area contributed by atoms with E-state index in [0.717, 1.165) is 12.2 Å². The third-order valence-electron chi connectivity index (χ3n) is 2.92. The van der Waals surface area contributed by atoms with Crippen LogP contribution in [0.25, 0.3) is 0 Å². The second-order valence-corrected chi connectivity index (χ2v) is 5.73. The molecule has 1 rings (SSSR count). The topological polar surface area (TPSA) is 35.2 Å². The van der Waals surface area contributed by atoms with Crippen molar-refractivity contribution in [2.24, 2.45) is 5.73 Å². The Labute approximate surface area is 105 Å². The molecule has 0 aliphatic heterocycles. The van der Waals surface area contributed by atoms with E-state index in [1.165, 1.54) is 11.1 Å². The highest BCUT2D eigenvalue weighted by Gasteiger charge is 2.19. The normalized spacial score (nSPS) is 13.5. The molecule has 0 saturated carbocycles. The van der Waals surface area contributed by atoms with Crippen LogP contribution in [0.1, 0.15) is 45.2 Å². The fraction of sp³-hybridized carbons (Fsp3) is 0.600. The van der Waals surface area contributed by atoms with E-state index in [9.17, 15) is 0 Å². The first kappa shape index (κ1) is 14.0. The molecule has 0 radical (unpaired) electrons. The van der Waals surface area contributed by atoms with Crippen molar-refractivity contribution in [3.63, 3.8) is 0 Å². The first-order chi connectivity index (χ1) is 7.84. The van der Waals surface area contributed by atoms with Gasteiger partial charge in [-0.1, -0.05) is 45.4 Å². The summed E-state index contributed by atoms with van der Waals surface area (Å²) in [5.41, 5.74) is 8.50. The quantitative estimate of drug-likeness (QED) is 0.868. The molecule has 0 aliphatic rings. The summed E-state index contributed by atoms with van der Waals surface area (Å²) in [5, 5.41) is 0. The van der Waals surface area contributed by atoms with Gasteiger partial charge in [-0.2, -0.15) is 0 Å². The molecule has 2 heteroatoms. The maximum atomic E-state index is 5.88. The van der Waals surface area contributed by atoms with E-state index in [2.05, 4.69) is 52.8 Å². The molecule has 2 N–H and O–H groups in total. The largest absolute Gasteiger partial charge is 0.492 e. The van der Waals surface area contributed by atoms with Crippen molar-refractivity contribution in [3.05, 3.63) is 29.3 Å². The van der Waals surface area contributed by atoms with E-state index < -0.39 is 0 Å². The Bertz CT molecular complexity index is 366. The molecule has 0 fully saturated rings. The Morgan fingerprint density at radius 3 is 2.47 bits per heavy atom. The number of nitrogens with two attached hydrogens (primary N) is 1. The molecular weight excluding hydrogens is 210 g/mol. The van der Waals surface area contributed by atoms with Crippen LogP contribution in [-0.4, -0.2) is 12.6 Å². The molecule has 0 spiro atoms. The predicted octanol–water partition coefficient (Wildman–Crippen LogP) is 3.41. The standard InChI is InChI=1S/C15H25NO/c1-6-12(16)10-17-14-8-7-11(2)9-13(14)15(3,4)5/h7-9,12H,6,10,16H2,1-5H3. The second-order valence-electron chi connectivity index (χ2n) is 5.73. The number of hydrogen-bond donors (Lipinski definition) is 1. The van der Waals surface area contributed by atoms with E-state index in [4.69, 9.17) is 10.5 Å². The maximum absolute atomic E-state index is 5.88. The van der Waals surface area contributed by atoms with Crippen LogP contribution in [0.15, 0.2) is 18.2 Å². The van der Waals surface area contributed by atoms with Gasteiger partial charge in [0.2, 0.25) is 0 Å². The molecule has 0 saturated heterocycles. The summed E-state index contributed by atoms with van der Waals surface area (Å²) in [5.74, 6) is 0.965. The van der Waals surface area contributed by atoms with Crippen molar-refractivity contribution >= 4 is 0 Å². The monoisotopic (exact) mass is 235 g/mol. The fourth-order valence-corrected chi connectivity index (χ4v) is 1.67. The van der Waals surface area contributed by atoms with Gasteiger partial charge in [-0.25, -0.2) is 0 Å². The Kier molecular flexibility index (Phi) is 4.58. The zero-order valence-electron chi connectivity index (χ0n) is 11.7. The molecule has 1 aromatic carbocycles. The van der Waals surface area contributed by atoms with Crippen LogP contribution in [0, 0.1) is 6.92 Å². The molecule has 0 heterocycles. The molecule has 0 amide bonds. The summed E-state index contributed by atoms with van der Waals surface area (Å²) in [6.45, 7) is 11.4. The average molecular weight is 235 g/mol. The van der Waals surface area contributed by atoms with Crippen LogP contribution < -0.4 is 10.5 Å². The smallest absolute Gasteiger partial charge is 0.123 e. The van der Waals surface area contributed by atoms with Crippen molar-refractivity contribution < 1.29 is 4.74 Å². The van der Waals surface area contributed by atoms with Gasteiger partial charge in [0.15, 0.2) is 0 Å². The summed E-state index contributed by atoms with van der Waals surface area (Å²) in [4.78, 5) is 0. The minimum absolute atomic E-state index is 0.0949. The zero-order valence-corrected chi connectivity index (χ0v) is 11.7. The summed E-state index contributed by atoms with van der Waals surface area (Å²) < 4.78 is 5.85. The molecule has 0 aromatic heterocycles. The SMILES string of the molecule is CCC(N)COc1ccc(C)cc1C(C)(C)C. The maximum Gasteiger partial charge on any atom is 0.123 e. The molecule has 2 nitrogen and oxygen atoms in total. The van der Waals surface area contributed by atoms with Crippen molar-refractivity contribution in [3.8, 4) is 5.75 Å². The van der Waals surface area contributed by atoms with E-state index in [1.54, 1.807) is 0 Å². The second kappa shape index (κ2) is 5.54. The highest BCUT2D eigenvalue weighted by Crippen LogP contribution is 2.32. The molecule has 1 aromatic rings. The number of benzene rings is 1. The van der Waals surface area contributed by atoms with Crippen LogP contribution in [0.2, 0.25) is 0 Å². The van der Waals surface area contributed by atoms with Gasteiger partial charge in [0.1, 0.15) is 12.4 Å². The van der Waals surface area contributed by atoms with Crippen molar-refractivity contribution in [2.45, 2.75) is 52.5 Å². The van der Waals surface area contributed by atoms with Gasteiger partial charge < -0.3 is 10.5 Å². The third-order valence-corrected chi connectivity index (χ3v) is 2.92. The summed E-state index contributed by atoms with van der Waals surface area (Å²) in [6.07, 6.45) is 0.941. The molecule has 0 bridgehead atoms. The molecule has 96 valence electrons. The van der Waals surface area contributed by atoms with Crippen molar-refractivity contribution in [1.29, 1.82) is 0 Å². The van der Waals surface area contributed by atoms with E-state index in [1.807, 2.05) is 0 Å². The van der Waals surface area contributed by atoms with Gasteiger partial charge in [0.25, 0.3) is 0 Å². The molecule has 17 heavy (non-hydrogen) atoms. The molecule has 0 aliphatic carbocycles. The Morgan fingerprint density at radius 2 is 1.94 bits per heavy atom.